The molecule has 0 N–H and O–H groups in total. The summed E-state index contributed by atoms with van der Waals surface area (Å²) >= 11 is 7.52. The van der Waals surface area contributed by atoms with Crippen molar-refractivity contribution in [2.24, 2.45) is 0 Å². The van der Waals surface area contributed by atoms with Crippen LogP contribution >= 0.6 is 22.9 Å². The topological polar surface area (TPSA) is 26.3 Å². The number of hydrogen-bond acceptors (Lipinski definition) is 3. The highest BCUT2D eigenvalue weighted by Crippen LogP contribution is 2.39. The van der Waals surface area contributed by atoms with Crippen molar-refractivity contribution in [2.45, 2.75) is 6.92 Å². The lowest BCUT2D eigenvalue weighted by molar-refractivity contribution is 0.112. The highest BCUT2D eigenvalue weighted by molar-refractivity contribution is 7.21. The van der Waals surface area contributed by atoms with Gasteiger partial charge in [0.15, 0.2) is 6.29 Å². The van der Waals surface area contributed by atoms with Gasteiger partial charge in [-0.25, -0.2) is 0 Å². The average Bonchev–Trinajstić information content (AvgIpc) is 2.57. The molecule has 2 rings (SSSR count). The maximum absolute atomic E-state index is 10.8. The molecule has 0 radical (unpaired) electrons. The van der Waals surface area contributed by atoms with Crippen LogP contribution in [0.25, 0.3) is 10.1 Å². The van der Waals surface area contributed by atoms with Gasteiger partial charge >= 0.3 is 0 Å². The van der Waals surface area contributed by atoms with Gasteiger partial charge in [-0.1, -0.05) is 11.6 Å². The molecule has 0 aliphatic carbocycles. The Morgan fingerprint density at radius 2 is 2.20 bits per heavy atom. The molecule has 78 valence electrons. The third-order valence-electron chi connectivity index (χ3n) is 2.36. The minimum atomic E-state index is 0.529. The number of fused-ring (bicyclic) bond motifs is 1. The number of rotatable bonds is 2. The average molecular weight is 241 g/mol. The Hall–Kier alpha value is -1.06. The summed E-state index contributed by atoms with van der Waals surface area (Å²) in [4.78, 5) is 11.3. The normalized spacial score (nSPS) is 10.6. The molecule has 0 amide bonds. The van der Waals surface area contributed by atoms with Crippen LogP contribution in [0, 0.1) is 6.92 Å². The lowest BCUT2D eigenvalue weighted by Crippen LogP contribution is -1.86. The molecule has 0 aliphatic heterocycles. The van der Waals surface area contributed by atoms with Crippen LogP contribution in [0.4, 0.5) is 0 Å². The van der Waals surface area contributed by atoms with Crippen LogP contribution < -0.4 is 4.74 Å². The lowest BCUT2D eigenvalue weighted by atomic mass is 10.1. The Kier molecular flexibility index (Phi) is 2.67. The van der Waals surface area contributed by atoms with Crippen LogP contribution in [0.15, 0.2) is 12.1 Å². The molecule has 0 bridgehead atoms. The van der Waals surface area contributed by atoms with Crippen molar-refractivity contribution in [3.05, 3.63) is 27.6 Å². The summed E-state index contributed by atoms with van der Waals surface area (Å²) in [6.07, 6.45) is 0.791. The van der Waals surface area contributed by atoms with Gasteiger partial charge in [0.05, 0.1) is 17.0 Å². The molecule has 0 saturated carbocycles. The molecule has 2 nitrogen and oxygen atoms in total. The highest BCUT2D eigenvalue weighted by atomic mass is 35.5. The second kappa shape index (κ2) is 3.83. The third-order valence-corrected chi connectivity index (χ3v) is 3.94. The first-order chi connectivity index (χ1) is 7.19. The number of methoxy groups -OCH3 is 1. The van der Waals surface area contributed by atoms with Crippen LogP contribution in [0.2, 0.25) is 5.02 Å². The molecule has 0 aliphatic rings. The SMILES string of the molecule is COc1ccc2sc(C=O)c(Cl)c2c1C. The zero-order valence-electron chi connectivity index (χ0n) is 8.33. The van der Waals surface area contributed by atoms with E-state index < -0.39 is 0 Å². The van der Waals surface area contributed by atoms with E-state index in [9.17, 15) is 4.79 Å². The fraction of sp³-hybridized carbons (Fsp3) is 0.182. The third kappa shape index (κ3) is 1.52. The smallest absolute Gasteiger partial charge is 0.161 e. The molecule has 4 heteroatoms. The van der Waals surface area contributed by atoms with E-state index in [4.69, 9.17) is 16.3 Å². The second-order valence-electron chi connectivity index (χ2n) is 3.16. The van der Waals surface area contributed by atoms with Gasteiger partial charge < -0.3 is 4.74 Å². The van der Waals surface area contributed by atoms with Gasteiger partial charge in [0.1, 0.15) is 5.75 Å². The van der Waals surface area contributed by atoms with Crippen molar-refractivity contribution < 1.29 is 9.53 Å². The molecule has 2 aromatic rings. The Bertz CT molecular complexity index is 531. The molecule has 0 atom stereocenters. The van der Waals surface area contributed by atoms with E-state index in [1.165, 1.54) is 11.3 Å². The summed E-state index contributed by atoms with van der Waals surface area (Å²) in [6.45, 7) is 1.94. The maximum Gasteiger partial charge on any atom is 0.161 e. The largest absolute Gasteiger partial charge is 0.496 e. The molecule has 0 saturated heterocycles. The number of hydrogen-bond donors (Lipinski definition) is 0. The van der Waals surface area contributed by atoms with Crippen LogP contribution in [0.1, 0.15) is 15.2 Å². The zero-order chi connectivity index (χ0) is 11.0. The quantitative estimate of drug-likeness (QED) is 0.749. The number of aryl methyl sites for hydroxylation is 1. The molecule has 1 aromatic heterocycles. The van der Waals surface area contributed by atoms with E-state index in [-0.39, 0.29) is 0 Å². The number of carbonyl (C=O) groups excluding carboxylic acids is 1. The fourth-order valence-corrected chi connectivity index (χ4v) is 3.04. The maximum atomic E-state index is 10.8. The summed E-state index contributed by atoms with van der Waals surface area (Å²) in [7, 11) is 1.62. The highest BCUT2D eigenvalue weighted by Gasteiger charge is 2.13. The Balaban J connectivity index is 2.85. The summed E-state index contributed by atoms with van der Waals surface area (Å²) in [5, 5.41) is 1.45. The Morgan fingerprint density at radius 1 is 1.47 bits per heavy atom. The molecule has 15 heavy (non-hydrogen) atoms. The van der Waals surface area contributed by atoms with Crippen LogP contribution in [0.5, 0.6) is 5.75 Å². The van der Waals surface area contributed by atoms with Gasteiger partial charge in [0.2, 0.25) is 0 Å². The van der Waals surface area contributed by atoms with Crippen LogP contribution in [0.3, 0.4) is 0 Å². The van der Waals surface area contributed by atoms with Crippen LogP contribution in [-0.2, 0) is 0 Å². The number of halogens is 1. The van der Waals surface area contributed by atoms with E-state index in [0.717, 1.165) is 27.7 Å². The molecular weight excluding hydrogens is 232 g/mol. The summed E-state index contributed by atoms with van der Waals surface area (Å²) in [5.74, 6) is 0.791. The minimum Gasteiger partial charge on any atom is -0.496 e. The molecule has 0 unspecified atom stereocenters. The van der Waals surface area contributed by atoms with Crippen molar-refractivity contribution in [3.8, 4) is 5.75 Å². The predicted molar refractivity (Wildman–Crippen MR) is 63.5 cm³/mol. The van der Waals surface area contributed by atoms with E-state index >= 15 is 0 Å². The molecule has 1 heterocycles. The van der Waals surface area contributed by atoms with Crippen molar-refractivity contribution in [1.29, 1.82) is 0 Å². The van der Waals surface area contributed by atoms with E-state index in [0.29, 0.717) is 9.90 Å². The van der Waals surface area contributed by atoms with Gasteiger partial charge in [-0.15, -0.1) is 11.3 Å². The standard InChI is InChI=1S/C11H9ClO2S/c1-6-7(14-2)3-4-8-10(6)11(12)9(5-13)15-8/h3-5H,1-2H3. The van der Waals surface area contributed by atoms with E-state index in [2.05, 4.69) is 0 Å². The van der Waals surface area contributed by atoms with Gasteiger partial charge in [0.25, 0.3) is 0 Å². The fourth-order valence-electron chi connectivity index (χ4n) is 1.61. The Labute approximate surface area is 96.4 Å². The first kappa shape index (κ1) is 10.5. The number of thiophene rings is 1. The van der Waals surface area contributed by atoms with Crippen molar-refractivity contribution in [2.75, 3.05) is 7.11 Å². The molecule has 0 spiro atoms. The molecular formula is C11H9ClO2S. The zero-order valence-corrected chi connectivity index (χ0v) is 9.91. The molecule has 1 aromatic carbocycles. The van der Waals surface area contributed by atoms with E-state index in [1.54, 1.807) is 7.11 Å². The van der Waals surface area contributed by atoms with Crippen molar-refractivity contribution >= 4 is 39.3 Å². The van der Waals surface area contributed by atoms with Gasteiger partial charge in [0, 0.05) is 15.6 Å². The monoisotopic (exact) mass is 240 g/mol. The molecule has 0 fully saturated rings. The lowest BCUT2D eigenvalue weighted by Gasteiger charge is -2.05. The predicted octanol–water partition coefficient (Wildman–Crippen LogP) is 3.68. The van der Waals surface area contributed by atoms with Gasteiger partial charge in [-0.05, 0) is 19.1 Å². The second-order valence-corrected chi connectivity index (χ2v) is 4.63. The Morgan fingerprint density at radius 3 is 2.80 bits per heavy atom. The number of aldehydes is 1. The van der Waals surface area contributed by atoms with E-state index in [1.807, 2.05) is 19.1 Å². The summed E-state index contributed by atoms with van der Waals surface area (Å²) in [6, 6.07) is 3.81. The number of ether oxygens (including phenoxy) is 1. The van der Waals surface area contributed by atoms with Crippen molar-refractivity contribution in [1.82, 2.24) is 0 Å². The van der Waals surface area contributed by atoms with Crippen molar-refractivity contribution in [3.63, 3.8) is 0 Å². The summed E-state index contributed by atoms with van der Waals surface area (Å²) in [5.41, 5.74) is 0.976. The minimum absolute atomic E-state index is 0.529. The van der Waals surface area contributed by atoms with Gasteiger partial charge in [-0.2, -0.15) is 0 Å². The number of benzene rings is 1. The first-order valence-corrected chi connectivity index (χ1v) is 5.59. The van der Waals surface area contributed by atoms with Gasteiger partial charge in [-0.3, -0.25) is 4.79 Å². The summed E-state index contributed by atoms with van der Waals surface area (Å²) < 4.78 is 6.22. The number of carbonyl (C=O) groups is 1. The van der Waals surface area contributed by atoms with Crippen LogP contribution in [-0.4, -0.2) is 13.4 Å². The first-order valence-electron chi connectivity index (χ1n) is 4.39.